The fraction of sp³-hybridized carbons (Fsp3) is 0.692. The second-order valence-electron chi connectivity index (χ2n) is 5.03. The zero-order valence-electron chi connectivity index (χ0n) is 11.0. The Morgan fingerprint density at radius 3 is 2.65 bits per heavy atom. The Kier molecular flexibility index (Phi) is 4.07. The number of hydrogen-bond donors (Lipinski definition) is 1. The van der Waals surface area contributed by atoms with Crippen molar-refractivity contribution in [1.82, 2.24) is 20.2 Å². The van der Waals surface area contributed by atoms with Crippen LogP contribution in [0.25, 0.3) is 0 Å². The highest BCUT2D eigenvalue weighted by Crippen LogP contribution is 2.13. The van der Waals surface area contributed by atoms with E-state index < -0.39 is 0 Å². The Hall–Kier alpha value is -1.00. The molecule has 1 aromatic rings. The molecule has 2 heterocycles. The van der Waals surface area contributed by atoms with Crippen molar-refractivity contribution in [3.05, 3.63) is 23.3 Å². The maximum Gasteiger partial charge on any atom is 0.142 e. The first kappa shape index (κ1) is 12.5. The van der Waals surface area contributed by atoms with Crippen molar-refractivity contribution in [1.29, 1.82) is 0 Å². The number of piperazine rings is 1. The Bertz CT molecular complexity index is 370. The number of hydrogen-bond acceptors (Lipinski definition) is 4. The summed E-state index contributed by atoms with van der Waals surface area (Å²) < 4.78 is 0. The molecule has 0 amide bonds. The summed E-state index contributed by atoms with van der Waals surface area (Å²) in [5.41, 5.74) is 2.23. The van der Waals surface area contributed by atoms with Crippen LogP contribution in [0, 0.1) is 6.92 Å². The van der Waals surface area contributed by atoms with E-state index in [1.165, 1.54) is 0 Å². The molecule has 1 aliphatic heterocycles. The molecule has 0 aliphatic carbocycles. The van der Waals surface area contributed by atoms with Crippen LogP contribution in [0.5, 0.6) is 0 Å². The minimum absolute atomic E-state index is 0.471. The van der Waals surface area contributed by atoms with Gasteiger partial charge in [0, 0.05) is 37.6 Å². The van der Waals surface area contributed by atoms with Gasteiger partial charge in [0.25, 0.3) is 0 Å². The zero-order chi connectivity index (χ0) is 12.3. The number of aromatic nitrogens is 2. The lowest BCUT2D eigenvalue weighted by atomic mass is 10.1. The fourth-order valence-corrected chi connectivity index (χ4v) is 2.09. The Morgan fingerprint density at radius 1 is 1.29 bits per heavy atom. The van der Waals surface area contributed by atoms with Crippen molar-refractivity contribution in [2.45, 2.75) is 33.2 Å². The van der Waals surface area contributed by atoms with E-state index in [1.54, 1.807) is 0 Å². The van der Waals surface area contributed by atoms with E-state index in [0.29, 0.717) is 5.92 Å². The van der Waals surface area contributed by atoms with Crippen molar-refractivity contribution in [2.75, 3.05) is 26.2 Å². The van der Waals surface area contributed by atoms with E-state index in [4.69, 9.17) is 0 Å². The number of aryl methyl sites for hydroxylation is 1. The lowest BCUT2D eigenvalue weighted by Gasteiger charge is -2.26. The second kappa shape index (κ2) is 5.56. The van der Waals surface area contributed by atoms with E-state index in [9.17, 15) is 0 Å². The third kappa shape index (κ3) is 3.48. The largest absolute Gasteiger partial charge is 0.314 e. The Labute approximate surface area is 103 Å². The first-order valence-electron chi connectivity index (χ1n) is 6.42. The molecule has 94 valence electrons. The molecule has 1 aromatic heterocycles. The van der Waals surface area contributed by atoms with E-state index in [1.807, 2.05) is 0 Å². The first-order chi connectivity index (χ1) is 8.15. The van der Waals surface area contributed by atoms with E-state index in [2.05, 4.69) is 47.0 Å². The smallest absolute Gasteiger partial charge is 0.142 e. The van der Waals surface area contributed by atoms with Crippen LogP contribution in [0.15, 0.2) is 6.07 Å². The van der Waals surface area contributed by atoms with Crippen LogP contribution in [0.4, 0.5) is 0 Å². The summed E-state index contributed by atoms with van der Waals surface area (Å²) >= 11 is 0. The predicted molar refractivity (Wildman–Crippen MR) is 69.0 cm³/mol. The number of nitrogens with zero attached hydrogens (tertiary/aromatic N) is 3. The minimum atomic E-state index is 0.471. The average Bonchev–Trinajstić information content (AvgIpc) is 2.29. The quantitative estimate of drug-likeness (QED) is 0.856. The van der Waals surface area contributed by atoms with Crippen molar-refractivity contribution >= 4 is 0 Å². The number of rotatable bonds is 3. The van der Waals surface area contributed by atoms with Crippen LogP contribution in [-0.2, 0) is 6.54 Å². The molecule has 0 aromatic carbocycles. The molecule has 1 saturated heterocycles. The molecule has 1 aliphatic rings. The molecule has 0 unspecified atom stereocenters. The summed E-state index contributed by atoms with van der Waals surface area (Å²) in [5.74, 6) is 1.44. The van der Waals surface area contributed by atoms with Crippen molar-refractivity contribution in [2.24, 2.45) is 0 Å². The summed E-state index contributed by atoms with van der Waals surface area (Å²) in [6.45, 7) is 11.6. The van der Waals surface area contributed by atoms with Crippen molar-refractivity contribution < 1.29 is 0 Å². The van der Waals surface area contributed by atoms with Gasteiger partial charge in [0.05, 0.1) is 6.54 Å². The molecule has 0 saturated carbocycles. The van der Waals surface area contributed by atoms with Crippen LogP contribution < -0.4 is 5.32 Å². The molecular weight excluding hydrogens is 212 g/mol. The summed E-state index contributed by atoms with van der Waals surface area (Å²) in [6.07, 6.45) is 0. The monoisotopic (exact) mass is 234 g/mol. The summed E-state index contributed by atoms with van der Waals surface area (Å²) in [6, 6.07) is 2.09. The van der Waals surface area contributed by atoms with Gasteiger partial charge in [0.15, 0.2) is 0 Å². The minimum Gasteiger partial charge on any atom is -0.314 e. The van der Waals surface area contributed by atoms with E-state index in [0.717, 1.165) is 49.9 Å². The molecule has 2 rings (SSSR count). The van der Waals surface area contributed by atoms with Gasteiger partial charge in [-0.2, -0.15) is 0 Å². The predicted octanol–water partition coefficient (Wildman–Crippen LogP) is 1.31. The maximum absolute atomic E-state index is 4.65. The van der Waals surface area contributed by atoms with Crippen molar-refractivity contribution in [3.8, 4) is 0 Å². The highest BCUT2D eigenvalue weighted by Gasteiger charge is 2.12. The molecule has 17 heavy (non-hydrogen) atoms. The van der Waals surface area contributed by atoms with Gasteiger partial charge in [-0.1, -0.05) is 13.8 Å². The maximum atomic E-state index is 4.65. The SMILES string of the molecule is Cc1cc(C(C)C)nc(CN2CCNCC2)n1. The van der Waals surface area contributed by atoms with Crippen LogP contribution >= 0.6 is 0 Å². The zero-order valence-corrected chi connectivity index (χ0v) is 11.0. The third-order valence-corrected chi connectivity index (χ3v) is 3.09. The summed E-state index contributed by atoms with van der Waals surface area (Å²) in [5, 5.41) is 3.36. The van der Waals surface area contributed by atoms with Crippen LogP contribution in [0.1, 0.15) is 37.0 Å². The van der Waals surface area contributed by atoms with Gasteiger partial charge in [-0.15, -0.1) is 0 Å². The summed E-state index contributed by atoms with van der Waals surface area (Å²) in [7, 11) is 0. The second-order valence-corrected chi connectivity index (χ2v) is 5.03. The molecule has 4 nitrogen and oxygen atoms in total. The van der Waals surface area contributed by atoms with Crippen LogP contribution in [0.3, 0.4) is 0 Å². The lowest BCUT2D eigenvalue weighted by Crippen LogP contribution is -2.43. The topological polar surface area (TPSA) is 41.1 Å². The van der Waals surface area contributed by atoms with Gasteiger partial charge in [-0.25, -0.2) is 9.97 Å². The Morgan fingerprint density at radius 2 is 2.00 bits per heavy atom. The van der Waals surface area contributed by atoms with Gasteiger partial charge in [0.2, 0.25) is 0 Å². The first-order valence-corrected chi connectivity index (χ1v) is 6.42. The van der Waals surface area contributed by atoms with E-state index >= 15 is 0 Å². The molecule has 0 spiro atoms. The van der Waals surface area contributed by atoms with Crippen LogP contribution in [-0.4, -0.2) is 41.0 Å². The molecule has 0 bridgehead atoms. The van der Waals surface area contributed by atoms with Gasteiger partial charge >= 0.3 is 0 Å². The highest BCUT2D eigenvalue weighted by molar-refractivity contribution is 5.13. The standard InChI is InChI=1S/C13H22N4/c1-10(2)12-8-11(3)15-13(16-12)9-17-6-4-14-5-7-17/h8,10,14H,4-7,9H2,1-3H3. The van der Waals surface area contributed by atoms with Gasteiger partial charge < -0.3 is 5.32 Å². The van der Waals surface area contributed by atoms with Crippen LogP contribution in [0.2, 0.25) is 0 Å². The van der Waals surface area contributed by atoms with Gasteiger partial charge in [0.1, 0.15) is 5.82 Å². The third-order valence-electron chi connectivity index (χ3n) is 3.09. The van der Waals surface area contributed by atoms with E-state index in [-0.39, 0.29) is 0 Å². The summed E-state index contributed by atoms with van der Waals surface area (Å²) in [4.78, 5) is 11.6. The molecule has 0 radical (unpaired) electrons. The molecule has 1 fully saturated rings. The molecule has 1 N–H and O–H groups in total. The fourth-order valence-electron chi connectivity index (χ4n) is 2.09. The lowest BCUT2D eigenvalue weighted by molar-refractivity contribution is 0.227. The van der Waals surface area contributed by atoms with Gasteiger partial charge in [-0.3, -0.25) is 4.90 Å². The average molecular weight is 234 g/mol. The van der Waals surface area contributed by atoms with Crippen molar-refractivity contribution in [3.63, 3.8) is 0 Å². The molecular formula is C13H22N4. The molecule has 0 atom stereocenters. The van der Waals surface area contributed by atoms with Gasteiger partial charge in [-0.05, 0) is 18.9 Å². The highest BCUT2D eigenvalue weighted by atomic mass is 15.2. The Balaban J connectivity index is 2.09. The number of nitrogens with one attached hydrogen (secondary N) is 1. The normalized spacial score (nSPS) is 17.6. The molecule has 4 heteroatoms.